The second-order valence-electron chi connectivity index (χ2n) is 7.28. The summed E-state index contributed by atoms with van der Waals surface area (Å²) in [7, 11) is 1.60. The molecule has 162 valence electrons. The summed E-state index contributed by atoms with van der Waals surface area (Å²) >= 11 is 12.2. The van der Waals surface area contributed by atoms with E-state index >= 15 is 0 Å². The molecule has 0 saturated heterocycles. The van der Waals surface area contributed by atoms with E-state index in [1.54, 1.807) is 37.1 Å². The predicted octanol–water partition coefficient (Wildman–Crippen LogP) is 4.88. The summed E-state index contributed by atoms with van der Waals surface area (Å²) in [6.07, 6.45) is 0.887. The zero-order chi connectivity index (χ0) is 22.3. The van der Waals surface area contributed by atoms with Crippen LogP contribution in [0, 0.1) is 0 Å². The summed E-state index contributed by atoms with van der Waals surface area (Å²) in [5, 5.41) is 3.89. The maximum absolute atomic E-state index is 13.2. The predicted molar refractivity (Wildman–Crippen MR) is 121 cm³/mol. The molecule has 2 rings (SSSR count). The minimum absolute atomic E-state index is 0.0311. The van der Waals surface area contributed by atoms with Crippen molar-refractivity contribution in [2.45, 2.75) is 52.2 Å². The van der Waals surface area contributed by atoms with Crippen molar-refractivity contribution in [1.29, 1.82) is 0 Å². The fourth-order valence-electron chi connectivity index (χ4n) is 2.91. The molecule has 0 aliphatic heterocycles. The van der Waals surface area contributed by atoms with Crippen LogP contribution in [0.2, 0.25) is 10.0 Å². The summed E-state index contributed by atoms with van der Waals surface area (Å²) in [5.74, 6) is 0.349. The highest BCUT2D eigenvalue weighted by Crippen LogP contribution is 2.23. The summed E-state index contributed by atoms with van der Waals surface area (Å²) in [5.41, 5.74) is 1.56. The molecule has 0 radical (unpaired) electrons. The Bertz CT molecular complexity index is 871. The molecule has 30 heavy (non-hydrogen) atoms. The summed E-state index contributed by atoms with van der Waals surface area (Å²) in [6, 6.07) is 11.9. The molecule has 0 bridgehead atoms. The van der Waals surface area contributed by atoms with Gasteiger partial charge in [0.25, 0.3) is 0 Å². The standard InChI is InChI=1S/C23H28Cl2N2O3/c1-5-15(2)26-23(29)16(3)27(14-17-6-10-20(30-4)11-7-17)22(28)12-18-8-9-19(24)13-21(18)25/h6-11,13,15-16H,5,12,14H2,1-4H3,(H,26,29)/t15-,16-/m1/s1. The first-order valence-electron chi connectivity index (χ1n) is 9.91. The number of carbonyl (C=O) groups is 2. The van der Waals surface area contributed by atoms with Crippen LogP contribution in [0.25, 0.3) is 0 Å². The molecule has 0 spiro atoms. The molecule has 0 aliphatic carbocycles. The summed E-state index contributed by atoms with van der Waals surface area (Å²) < 4.78 is 5.20. The zero-order valence-electron chi connectivity index (χ0n) is 17.7. The molecule has 0 unspecified atom stereocenters. The van der Waals surface area contributed by atoms with E-state index in [0.717, 1.165) is 17.7 Å². The molecule has 2 atom stereocenters. The van der Waals surface area contributed by atoms with Gasteiger partial charge < -0.3 is 15.0 Å². The molecular formula is C23H28Cl2N2O3. The van der Waals surface area contributed by atoms with Gasteiger partial charge in [-0.25, -0.2) is 0 Å². The maximum atomic E-state index is 13.2. The van der Waals surface area contributed by atoms with E-state index in [2.05, 4.69) is 5.32 Å². The minimum Gasteiger partial charge on any atom is -0.497 e. The number of amides is 2. The monoisotopic (exact) mass is 450 g/mol. The smallest absolute Gasteiger partial charge is 0.242 e. The molecule has 7 heteroatoms. The number of nitrogens with one attached hydrogen (secondary N) is 1. The molecule has 0 saturated carbocycles. The number of hydrogen-bond acceptors (Lipinski definition) is 3. The van der Waals surface area contributed by atoms with Crippen molar-refractivity contribution in [2.24, 2.45) is 0 Å². The number of carbonyl (C=O) groups excluding carboxylic acids is 2. The second kappa shape index (κ2) is 11.2. The first-order valence-corrected chi connectivity index (χ1v) is 10.7. The molecule has 5 nitrogen and oxygen atoms in total. The van der Waals surface area contributed by atoms with Gasteiger partial charge in [-0.15, -0.1) is 0 Å². The molecule has 2 amide bonds. The number of nitrogens with zero attached hydrogens (tertiary/aromatic N) is 1. The Morgan fingerprint density at radius 2 is 1.77 bits per heavy atom. The van der Waals surface area contributed by atoms with Gasteiger partial charge in [0.2, 0.25) is 11.8 Å². The lowest BCUT2D eigenvalue weighted by Gasteiger charge is -2.30. The van der Waals surface area contributed by atoms with Crippen LogP contribution in [0.5, 0.6) is 5.75 Å². The van der Waals surface area contributed by atoms with E-state index in [1.165, 1.54) is 0 Å². The lowest BCUT2D eigenvalue weighted by atomic mass is 10.1. The van der Waals surface area contributed by atoms with Crippen molar-refractivity contribution in [3.05, 3.63) is 63.6 Å². The fourth-order valence-corrected chi connectivity index (χ4v) is 3.38. The van der Waals surface area contributed by atoms with E-state index in [4.69, 9.17) is 27.9 Å². The molecule has 0 aromatic heterocycles. The average Bonchev–Trinajstić information content (AvgIpc) is 2.73. The van der Waals surface area contributed by atoms with Gasteiger partial charge in [-0.3, -0.25) is 9.59 Å². The Kier molecular flexibility index (Phi) is 9.00. The molecule has 0 aliphatic rings. The van der Waals surface area contributed by atoms with E-state index in [0.29, 0.717) is 22.2 Å². The van der Waals surface area contributed by atoms with Crippen LogP contribution in [0.1, 0.15) is 38.3 Å². The number of halogens is 2. The number of hydrogen-bond donors (Lipinski definition) is 1. The van der Waals surface area contributed by atoms with Gasteiger partial charge in [0.1, 0.15) is 11.8 Å². The van der Waals surface area contributed by atoms with Crippen molar-refractivity contribution >= 4 is 35.0 Å². The number of benzene rings is 2. The van der Waals surface area contributed by atoms with E-state index in [-0.39, 0.29) is 24.3 Å². The van der Waals surface area contributed by atoms with E-state index < -0.39 is 6.04 Å². The highest BCUT2D eigenvalue weighted by atomic mass is 35.5. The maximum Gasteiger partial charge on any atom is 0.242 e. The first kappa shape index (κ1) is 24.0. The zero-order valence-corrected chi connectivity index (χ0v) is 19.3. The average molecular weight is 451 g/mol. The largest absolute Gasteiger partial charge is 0.497 e. The molecule has 2 aromatic rings. The van der Waals surface area contributed by atoms with Crippen LogP contribution in [-0.4, -0.2) is 35.9 Å². The topological polar surface area (TPSA) is 58.6 Å². The van der Waals surface area contributed by atoms with Crippen LogP contribution in [0.4, 0.5) is 0 Å². The number of rotatable bonds is 9. The summed E-state index contributed by atoms with van der Waals surface area (Å²) in [6.45, 7) is 5.97. The molecule has 0 fully saturated rings. The third kappa shape index (κ3) is 6.64. The van der Waals surface area contributed by atoms with Gasteiger partial charge in [0.15, 0.2) is 0 Å². The Balaban J connectivity index is 2.25. The van der Waals surface area contributed by atoms with Gasteiger partial charge in [-0.1, -0.05) is 48.3 Å². The number of methoxy groups -OCH3 is 1. The van der Waals surface area contributed by atoms with Gasteiger partial charge in [-0.2, -0.15) is 0 Å². The normalized spacial score (nSPS) is 12.7. The van der Waals surface area contributed by atoms with Crippen LogP contribution >= 0.6 is 23.2 Å². The molecule has 0 heterocycles. The Labute approximate surface area is 188 Å². The van der Waals surface area contributed by atoms with E-state index in [9.17, 15) is 9.59 Å². The van der Waals surface area contributed by atoms with Crippen LogP contribution < -0.4 is 10.1 Å². The fraction of sp³-hybridized carbons (Fsp3) is 0.391. The highest BCUT2D eigenvalue weighted by Gasteiger charge is 2.27. The van der Waals surface area contributed by atoms with Crippen molar-refractivity contribution in [1.82, 2.24) is 10.2 Å². The van der Waals surface area contributed by atoms with Gasteiger partial charge in [-0.05, 0) is 55.7 Å². The third-order valence-corrected chi connectivity index (χ3v) is 5.62. The van der Waals surface area contributed by atoms with Gasteiger partial charge in [0.05, 0.1) is 13.5 Å². The van der Waals surface area contributed by atoms with Crippen molar-refractivity contribution < 1.29 is 14.3 Å². The lowest BCUT2D eigenvalue weighted by Crippen LogP contribution is -2.49. The quantitative estimate of drug-likeness (QED) is 0.592. The van der Waals surface area contributed by atoms with Crippen molar-refractivity contribution in [3.8, 4) is 5.75 Å². The molecular weight excluding hydrogens is 423 g/mol. The van der Waals surface area contributed by atoms with Gasteiger partial charge in [0, 0.05) is 22.6 Å². The Morgan fingerprint density at radius 1 is 1.10 bits per heavy atom. The minimum atomic E-state index is -0.639. The van der Waals surface area contributed by atoms with Gasteiger partial charge >= 0.3 is 0 Å². The van der Waals surface area contributed by atoms with E-state index in [1.807, 2.05) is 38.1 Å². The highest BCUT2D eigenvalue weighted by molar-refractivity contribution is 6.35. The third-order valence-electron chi connectivity index (χ3n) is 5.04. The van der Waals surface area contributed by atoms with Crippen molar-refractivity contribution in [2.75, 3.05) is 7.11 Å². The number of ether oxygens (including phenoxy) is 1. The Hall–Kier alpha value is -2.24. The van der Waals surface area contributed by atoms with Crippen LogP contribution in [0.3, 0.4) is 0 Å². The molecule has 2 aromatic carbocycles. The summed E-state index contributed by atoms with van der Waals surface area (Å²) in [4.78, 5) is 27.5. The lowest BCUT2D eigenvalue weighted by molar-refractivity contribution is -0.140. The van der Waals surface area contributed by atoms with Crippen LogP contribution in [0.15, 0.2) is 42.5 Å². The Morgan fingerprint density at radius 3 is 2.33 bits per heavy atom. The first-order chi connectivity index (χ1) is 14.2. The van der Waals surface area contributed by atoms with Crippen LogP contribution in [-0.2, 0) is 22.6 Å². The second-order valence-corrected chi connectivity index (χ2v) is 8.12. The van der Waals surface area contributed by atoms with Crippen molar-refractivity contribution in [3.63, 3.8) is 0 Å². The SMILES string of the molecule is CC[C@@H](C)NC(=O)[C@@H](C)N(Cc1ccc(OC)cc1)C(=O)Cc1ccc(Cl)cc1Cl. The molecule has 1 N–H and O–H groups in total.